The zero-order valence-corrected chi connectivity index (χ0v) is 19.2. The fourth-order valence-corrected chi connectivity index (χ4v) is 3.93. The molecule has 8 nitrogen and oxygen atoms in total. The summed E-state index contributed by atoms with van der Waals surface area (Å²) in [5.41, 5.74) is 2.33. The van der Waals surface area contributed by atoms with Crippen LogP contribution in [0.25, 0.3) is 10.8 Å². The molecule has 9 heteroatoms. The maximum Gasteiger partial charge on any atom is 0.367 e. The number of nitrogens with zero attached hydrogens (tertiary/aromatic N) is 2. The molecule has 2 heterocycles. The maximum absolute atomic E-state index is 13.0. The van der Waals surface area contributed by atoms with Crippen LogP contribution in [0.5, 0.6) is 5.75 Å². The van der Waals surface area contributed by atoms with E-state index in [1.807, 2.05) is 44.2 Å². The molecule has 0 aliphatic heterocycles. The van der Waals surface area contributed by atoms with Crippen molar-refractivity contribution in [2.45, 2.75) is 34.0 Å². The average molecular weight is 467 g/mol. The van der Waals surface area contributed by atoms with E-state index in [1.165, 1.54) is 0 Å². The number of fused-ring (bicyclic) bond motifs is 1. The van der Waals surface area contributed by atoms with Gasteiger partial charge in [-0.3, -0.25) is 0 Å². The van der Waals surface area contributed by atoms with Crippen LogP contribution in [0.15, 0.2) is 46.3 Å². The molecule has 0 spiro atoms. The Balaban J connectivity index is 1.54. The second-order valence-electron chi connectivity index (χ2n) is 7.23. The molecule has 0 amide bonds. The van der Waals surface area contributed by atoms with Gasteiger partial charge in [0.2, 0.25) is 5.01 Å². The Hall–Kier alpha value is -3.72. The molecule has 0 saturated heterocycles. The predicted molar refractivity (Wildman–Crippen MR) is 121 cm³/mol. The predicted octanol–water partition coefficient (Wildman–Crippen LogP) is 5.01. The molecule has 0 radical (unpaired) electrons. The van der Waals surface area contributed by atoms with Gasteiger partial charge in [0, 0.05) is 5.38 Å². The van der Waals surface area contributed by atoms with E-state index in [1.54, 1.807) is 18.4 Å². The van der Waals surface area contributed by atoms with Crippen LogP contribution in [0.2, 0.25) is 0 Å². The van der Waals surface area contributed by atoms with E-state index in [9.17, 15) is 9.59 Å². The lowest BCUT2D eigenvalue weighted by Crippen LogP contribution is -2.09. The minimum absolute atomic E-state index is 0.0785. The lowest BCUT2D eigenvalue weighted by atomic mass is 10.1. The third kappa shape index (κ3) is 5.04. The summed E-state index contributed by atoms with van der Waals surface area (Å²) in [6, 6.07) is 11.2. The molecule has 2 aromatic carbocycles. The highest BCUT2D eigenvalue weighted by Crippen LogP contribution is 2.29. The van der Waals surface area contributed by atoms with Crippen LogP contribution in [-0.4, -0.2) is 28.7 Å². The van der Waals surface area contributed by atoms with Gasteiger partial charge in [-0.2, -0.15) is 0 Å². The van der Waals surface area contributed by atoms with Gasteiger partial charge in [-0.15, -0.1) is 11.3 Å². The number of carbonyl (C=O) groups is 2. The number of esters is 2. The Bertz CT molecular complexity index is 1290. The molecule has 0 N–H and O–H groups in total. The molecular weight excluding hydrogens is 444 g/mol. The number of ether oxygens (including phenoxy) is 3. The molecule has 2 aromatic heterocycles. The lowest BCUT2D eigenvalue weighted by Gasteiger charge is -2.13. The highest BCUT2D eigenvalue weighted by Gasteiger charge is 2.19. The third-order valence-electron chi connectivity index (χ3n) is 4.97. The SMILES string of the molecule is CCOC(=O)c1nc(COC(=O)c2cc3ccccc3cc2OCc2c(C)noc2C)cs1. The summed E-state index contributed by atoms with van der Waals surface area (Å²) in [6.45, 7) is 5.76. The molecule has 0 atom stereocenters. The summed E-state index contributed by atoms with van der Waals surface area (Å²) in [5.74, 6) is 0.00681. The van der Waals surface area contributed by atoms with Gasteiger partial charge in [-0.05, 0) is 43.7 Å². The minimum Gasteiger partial charge on any atom is -0.488 e. The number of hydrogen-bond acceptors (Lipinski definition) is 9. The van der Waals surface area contributed by atoms with Crippen molar-refractivity contribution < 1.29 is 28.3 Å². The van der Waals surface area contributed by atoms with Crippen molar-refractivity contribution in [3.63, 3.8) is 0 Å². The third-order valence-corrected chi connectivity index (χ3v) is 5.85. The monoisotopic (exact) mass is 466 g/mol. The molecular formula is C24H22N2O6S. The molecule has 33 heavy (non-hydrogen) atoms. The highest BCUT2D eigenvalue weighted by atomic mass is 32.1. The van der Waals surface area contributed by atoms with Gasteiger partial charge >= 0.3 is 11.9 Å². The summed E-state index contributed by atoms with van der Waals surface area (Å²) < 4.78 is 21.6. The molecule has 170 valence electrons. The van der Waals surface area contributed by atoms with E-state index in [0.29, 0.717) is 22.8 Å². The average Bonchev–Trinajstić information content (AvgIpc) is 3.42. The van der Waals surface area contributed by atoms with Gasteiger partial charge in [0.1, 0.15) is 30.3 Å². The molecule has 0 fully saturated rings. The molecule has 4 aromatic rings. The molecule has 0 bridgehead atoms. The Kier molecular flexibility index (Phi) is 6.69. The Morgan fingerprint density at radius 2 is 1.79 bits per heavy atom. The minimum atomic E-state index is -0.555. The largest absolute Gasteiger partial charge is 0.488 e. The summed E-state index contributed by atoms with van der Waals surface area (Å²) >= 11 is 1.14. The number of aryl methyl sites for hydroxylation is 2. The van der Waals surface area contributed by atoms with Gasteiger partial charge < -0.3 is 18.7 Å². The fraction of sp³-hybridized carbons (Fsp3) is 0.250. The van der Waals surface area contributed by atoms with Gasteiger partial charge in [-0.25, -0.2) is 14.6 Å². The Morgan fingerprint density at radius 3 is 2.48 bits per heavy atom. The first-order valence-electron chi connectivity index (χ1n) is 10.3. The van der Waals surface area contributed by atoms with Crippen LogP contribution in [0.1, 0.15) is 49.8 Å². The smallest absolute Gasteiger partial charge is 0.367 e. The van der Waals surface area contributed by atoms with E-state index in [-0.39, 0.29) is 24.8 Å². The van der Waals surface area contributed by atoms with E-state index in [0.717, 1.165) is 33.4 Å². The van der Waals surface area contributed by atoms with Gasteiger partial charge in [0.25, 0.3) is 0 Å². The standard InChI is InChI=1S/C24H22N2O6S/c1-4-29-24(28)22-25-18(13-33-22)11-31-23(27)19-9-16-7-5-6-8-17(16)10-21(19)30-12-20-14(2)26-32-15(20)3/h5-10,13H,4,11-12H2,1-3H3. The normalized spacial score (nSPS) is 10.9. The lowest BCUT2D eigenvalue weighted by molar-refractivity contribution is 0.0463. The number of hydrogen-bond donors (Lipinski definition) is 0. The molecule has 4 rings (SSSR count). The molecule has 0 aliphatic carbocycles. The Morgan fingerprint density at radius 1 is 1.03 bits per heavy atom. The van der Waals surface area contributed by atoms with Crippen molar-refractivity contribution in [1.29, 1.82) is 0 Å². The van der Waals surface area contributed by atoms with Crippen LogP contribution < -0.4 is 4.74 Å². The Labute approximate surface area is 194 Å². The van der Waals surface area contributed by atoms with E-state index in [4.69, 9.17) is 18.7 Å². The van der Waals surface area contributed by atoms with Crippen molar-refractivity contribution in [3.05, 3.63) is 75.1 Å². The fourth-order valence-electron chi connectivity index (χ4n) is 3.23. The van der Waals surface area contributed by atoms with Crippen molar-refractivity contribution >= 4 is 34.0 Å². The first kappa shape index (κ1) is 22.5. The van der Waals surface area contributed by atoms with Crippen LogP contribution in [-0.2, 0) is 22.7 Å². The van der Waals surface area contributed by atoms with Crippen LogP contribution in [0.3, 0.4) is 0 Å². The topological polar surface area (TPSA) is 101 Å². The highest BCUT2D eigenvalue weighted by molar-refractivity contribution is 7.11. The summed E-state index contributed by atoms with van der Waals surface area (Å²) in [7, 11) is 0. The van der Waals surface area contributed by atoms with Crippen molar-refractivity contribution in [1.82, 2.24) is 10.1 Å². The maximum atomic E-state index is 13.0. The first-order valence-corrected chi connectivity index (χ1v) is 11.2. The molecule has 0 saturated carbocycles. The zero-order chi connectivity index (χ0) is 23.4. The van der Waals surface area contributed by atoms with Gasteiger partial charge in [-0.1, -0.05) is 29.4 Å². The van der Waals surface area contributed by atoms with Crippen molar-refractivity contribution in [2.75, 3.05) is 6.61 Å². The van der Waals surface area contributed by atoms with E-state index < -0.39 is 11.9 Å². The number of rotatable bonds is 8. The van der Waals surface area contributed by atoms with Crippen molar-refractivity contribution in [3.8, 4) is 5.75 Å². The zero-order valence-electron chi connectivity index (χ0n) is 18.4. The second-order valence-corrected chi connectivity index (χ2v) is 8.09. The number of carbonyl (C=O) groups excluding carboxylic acids is 2. The number of benzene rings is 2. The van der Waals surface area contributed by atoms with Gasteiger partial charge in [0.05, 0.1) is 23.6 Å². The molecule has 0 unspecified atom stereocenters. The summed E-state index contributed by atoms with van der Waals surface area (Å²) in [4.78, 5) is 28.9. The van der Waals surface area contributed by atoms with E-state index in [2.05, 4.69) is 10.1 Å². The summed E-state index contributed by atoms with van der Waals surface area (Å²) in [6.07, 6.45) is 0. The van der Waals surface area contributed by atoms with Crippen molar-refractivity contribution in [2.24, 2.45) is 0 Å². The molecule has 0 aliphatic rings. The summed E-state index contributed by atoms with van der Waals surface area (Å²) in [5, 5.41) is 7.63. The van der Waals surface area contributed by atoms with Crippen LogP contribution in [0.4, 0.5) is 0 Å². The van der Waals surface area contributed by atoms with Crippen LogP contribution >= 0.6 is 11.3 Å². The first-order chi connectivity index (χ1) is 16.0. The van der Waals surface area contributed by atoms with Gasteiger partial charge in [0.15, 0.2) is 0 Å². The van der Waals surface area contributed by atoms with E-state index >= 15 is 0 Å². The van der Waals surface area contributed by atoms with Crippen LogP contribution in [0, 0.1) is 13.8 Å². The quantitative estimate of drug-likeness (QED) is 0.334. The number of thiazole rings is 1. The number of aromatic nitrogens is 2. The second kappa shape index (κ2) is 9.83.